The van der Waals surface area contributed by atoms with Gasteiger partial charge in [-0.25, -0.2) is 8.78 Å². The number of hydrogen-bond donors (Lipinski definition) is 0. The summed E-state index contributed by atoms with van der Waals surface area (Å²) >= 11 is 2.86. The molecule has 0 radical (unpaired) electrons. The minimum Gasteiger partial charge on any atom is -0.206 e. The maximum atomic E-state index is 13.4. The van der Waals surface area contributed by atoms with E-state index in [1.807, 2.05) is 24.3 Å². The van der Waals surface area contributed by atoms with Crippen molar-refractivity contribution in [2.45, 2.75) is 13.3 Å². The van der Waals surface area contributed by atoms with Crippen LogP contribution in [0.5, 0.6) is 0 Å². The first-order valence-corrected chi connectivity index (χ1v) is 6.15. The quantitative estimate of drug-likeness (QED) is 0.687. The number of aryl methyl sites for hydroxylation is 1. The zero-order valence-corrected chi connectivity index (χ0v) is 10.9. The summed E-state index contributed by atoms with van der Waals surface area (Å²) in [7, 11) is 0. The van der Waals surface area contributed by atoms with E-state index < -0.39 is 11.6 Å². The van der Waals surface area contributed by atoms with Crippen LogP contribution in [0.25, 0.3) is 11.1 Å². The molecule has 3 heteroatoms. The second kappa shape index (κ2) is 4.96. The summed E-state index contributed by atoms with van der Waals surface area (Å²) in [6.45, 7) is 2.06. The average Bonchev–Trinajstić information content (AvgIpc) is 2.35. The van der Waals surface area contributed by atoms with Crippen molar-refractivity contribution in [1.29, 1.82) is 0 Å². The molecule has 0 saturated carbocycles. The Balaban J connectivity index is 2.45. The lowest BCUT2D eigenvalue weighted by Crippen LogP contribution is -1.88. The Kier molecular flexibility index (Phi) is 3.57. The van der Waals surface area contributed by atoms with Crippen LogP contribution < -0.4 is 0 Å². The molecule has 0 heterocycles. The SMILES string of the molecule is CCc1ccc(-c2cc(F)c(Br)c(F)c2)cc1. The molecule has 0 amide bonds. The zero-order chi connectivity index (χ0) is 12.4. The second-order valence-corrected chi connectivity index (χ2v) is 4.60. The minimum atomic E-state index is -0.584. The van der Waals surface area contributed by atoms with Crippen molar-refractivity contribution < 1.29 is 8.78 Å². The van der Waals surface area contributed by atoms with Crippen molar-refractivity contribution in [3.05, 3.63) is 58.1 Å². The van der Waals surface area contributed by atoms with Gasteiger partial charge in [0.2, 0.25) is 0 Å². The van der Waals surface area contributed by atoms with Gasteiger partial charge in [-0.1, -0.05) is 31.2 Å². The van der Waals surface area contributed by atoms with Gasteiger partial charge in [0.05, 0.1) is 4.47 Å². The summed E-state index contributed by atoms with van der Waals surface area (Å²) in [6.07, 6.45) is 0.948. The van der Waals surface area contributed by atoms with Crippen LogP contribution >= 0.6 is 15.9 Å². The fraction of sp³-hybridized carbons (Fsp3) is 0.143. The standard InChI is InChI=1S/C14H11BrF2/c1-2-9-3-5-10(6-4-9)11-7-12(16)14(15)13(17)8-11/h3-8H,2H2,1H3. The van der Waals surface area contributed by atoms with E-state index in [0.29, 0.717) is 5.56 Å². The number of rotatable bonds is 2. The molecule has 0 aromatic heterocycles. The van der Waals surface area contributed by atoms with Gasteiger partial charge in [-0.2, -0.15) is 0 Å². The molecule has 0 aliphatic heterocycles. The summed E-state index contributed by atoms with van der Waals surface area (Å²) in [5, 5.41) is 0. The predicted molar refractivity (Wildman–Crippen MR) is 68.9 cm³/mol. The van der Waals surface area contributed by atoms with Gasteiger partial charge >= 0.3 is 0 Å². The number of hydrogen-bond acceptors (Lipinski definition) is 0. The first-order chi connectivity index (χ1) is 8.11. The molecule has 0 saturated heterocycles. The Morgan fingerprint density at radius 3 is 1.94 bits per heavy atom. The van der Waals surface area contributed by atoms with Gasteiger partial charge in [0.15, 0.2) is 0 Å². The highest BCUT2D eigenvalue weighted by atomic mass is 79.9. The molecule has 0 spiro atoms. The van der Waals surface area contributed by atoms with E-state index in [1.54, 1.807) is 0 Å². The van der Waals surface area contributed by atoms with Gasteiger partial charge in [-0.3, -0.25) is 0 Å². The molecule has 2 aromatic rings. The van der Waals surface area contributed by atoms with Gasteiger partial charge in [0.1, 0.15) is 11.6 Å². The van der Waals surface area contributed by atoms with Gasteiger partial charge in [-0.15, -0.1) is 0 Å². The van der Waals surface area contributed by atoms with Gasteiger partial charge in [-0.05, 0) is 51.2 Å². The van der Waals surface area contributed by atoms with E-state index in [1.165, 1.54) is 17.7 Å². The van der Waals surface area contributed by atoms with Crippen LogP contribution in [0.2, 0.25) is 0 Å². The molecule has 0 aliphatic carbocycles. The number of benzene rings is 2. The molecule has 0 nitrogen and oxygen atoms in total. The third-order valence-electron chi connectivity index (χ3n) is 2.68. The van der Waals surface area contributed by atoms with Crippen molar-refractivity contribution >= 4 is 15.9 Å². The smallest absolute Gasteiger partial charge is 0.140 e. The van der Waals surface area contributed by atoms with Crippen molar-refractivity contribution in [2.75, 3.05) is 0 Å². The molecule has 0 unspecified atom stereocenters. The molecule has 0 bridgehead atoms. The van der Waals surface area contributed by atoms with Crippen molar-refractivity contribution in [3.63, 3.8) is 0 Å². The average molecular weight is 297 g/mol. The van der Waals surface area contributed by atoms with Crippen LogP contribution in [0.1, 0.15) is 12.5 Å². The first-order valence-electron chi connectivity index (χ1n) is 5.35. The Morgan fingerprint density at radius 2 is 1.47 bits per heavy atom. The van der Waals surface area contributed by atoms with Crippen LogP contribution in [-0.4, -0.2) is 0 Å². The Bertz CT molecular complexity index is 509. The highest BCUT2D eigenvalue weighted by Gasteiger charge is 2.09. The van der Waals surface area contributed by atoms with Gasteiger partial charge in [0, 0.05) is 0 Å². The van der Waals surface area contributed by atoms with E-state index in [4.69, 9.17) is 0 Å². The molecule has 0 aliphatic rings. The van der Waals surface area contributed by atoms with E-state index in [0.717, 1.165) is 12.0 Å². The fourth-order valence-corrected chi connectivity index (χ4v) is 1.88. The van der Waals surface area contributed by atoms with Crippen molar-refractivity contribution in [3.8, 4) is 11.1 Å². The third-order valence-corrected chi connectivity index (χ3v) is 3.44. The van der Waals surface area contributed by atoms with Gasteiger partial charge < -0.3 is 0 Å². The fourth-order valence-electron chi connectivity index (χ4n) is 1.66. The highest BCUT2D eigenvalue weighted by Crippen LogP contribution is 2.27. The maximum Gasteiger partial charge on any atom is 0.140 e. The number of halogens is 3. The van der Waals surface area contributed by atoms with Crippen LogP contribution in [0.4, 0.5) is 8.78 Å². The van der Waals surface area contributed by atoms with Crippen molar-refractivity contribution in [2.24, 2.45) is 0 Å². The monoisotopic (exact) mass is 296 g/mol. The van der Waals surface area contributed by atoms with Crippen LogP contribution in [0, 0.1) is 11.6 Å². The van der Waals surface area contributed by atoms with E-state index in [9.17, 15) is 8.78 Å². The molecule has 0 N–H and O–H groups in total. The van der Waals surface area contributed by atoms with Crippen molar-refractivity contribution in [1.82, 2.24) is 0 Å². The third kappa shape index (κ3) is 2.55. The highest BCUT2D eigenvalue weighted by molar-refractivity contribution is 9.10. The lowest BCUT2D eigenvalue weighted by molar-refractivity contribution is 0.573. The minimum absolute atomic E-state index is 0.119. The lowest BCUT2D eigenvalue weighted by Gasteiger charge is -2.05. The summed E-state index contributed by atoms with van der Waals surface area (Å²) in [6, 6.07) is 10.3. The van der Waals surface area contributed by atoms with E-state index in [-0.39, 0.29) is 4.47 Å². The van der Waals surface area contributed by atoms with E-state index >= 15 is 0 Å². The summed E-state index contributed by atoms with van der Waals surface area (Å²) < 4.78 is 26.6. The molecular formula is C14H11BrF2. The van der Waals surface area contributed by atoms with Crippen LogP contribution in [-0.2, 0) is 6.42 Å². The summed E-state index contributed by atoms with van der Waals surface area (Å²) in [5.74, 6) is -1.17. The molecule has 0 fully saturated rings. The largest absolute Gasteiger partial charge is 0.206 e. The molecule has 2 aromatic carbocycles. The first kappa shape index (κ1) is 12.2. The van der Waals surface area contributed by atoms with Crippen LogP contribution in [0.3, 0.4) is 0 Å². The Labute approximate surface area is 107 Å². The lowest BCUT2D eigenvalue weighted by atomic mass is 10.0. The second-order valence-electron chi connectivity index (χ2n) is 3.80. The summed E-state index contributed by atoms with van der Waals surface area (Å²) in [4.78, 5) is 0. The molecule has 2 rings (SSSR count). The maximum absolute atomic E-state index is 13.4. The zero-order valence-electron chi connectivity index (χ0n) is 9.31. The Hall–Kier alpha value is -1.22. The molecular weight excluding hydrogens is 286 g/mol. The molecule has 17 heavy (non-hydrogen) atoms. The molecule has 88 valence electrons. The van der Waals surface area contributed by atoms with Gasteiger partial charge in [0.25, 0.3) is 0 Å². The topological polar surface area (TPSA) is 0 Å². The summed E-state index contributed by atoms with van der Waals surface area (Å²) in [5.41, 5.74) is 2.56. The molecule has 0 atom stereocenters. The normalized spacial score (nSPS) is 10.6. The predicted octanol–water partition coefficient (Wildman–Crippen LogP) is 4.96. The Morgan fingerprint density at radius 1 is 0.941 bits per heavy atom. The van der Waals surface area contributed by atoms with Crippen LogP contribution in [0.15, 0.2) is 40.9 Å². The van der Waals surface area contributed by atoms with E-state index in [2.05, 4.69) is 22.9 Å².